The van der Waals surface area contributed by atoms with Gasteiger partial charge in [0.15, 0.2) is 0 Å². The van der Waals surface area contributed by atoms with Gasteiger partial charge in [-0.3, -0.25) is 0 Å². The lowest BCUT2D eigenvalue weighted by Crippen LogP contribution is -2.58. The Morgan fingerprint density at radius 2 is 1.85 bits per heavy atom. The zero-order valence-corrected chi connectivity index (χ0v) is 21.4. The van der Waals surface area contributed by atoms with Gasteiger partial charge in [0, 0.05) is 6.07 Å². The van der Waals surface area contributed by atoms with Crippen LogP contribution in [-0.2, 0) is 0 Å². The second kappa shape index (κ2) is 8.76. The van der Waals surface area contributed by atoms with Crippen LogP contribution in [0.2, 0.25) is 0 Å². The molecule has 5 fully saturated rings. The van der Waals surface area contributed by atoms with Gasteiger partial charge in [0.25, 0.3) is 0 Å². The van der Waals surface area contributed by atoms with Gasteiger partial charge in [-0.15, -0.1) is 0 Å². The number of hydrogen-bond donors (Lipinski definition) is 1. The van der Waals surface area contributed by atoms with Crippen molar-refractivity contribution in [3.8, 4) is 0 Å². The maximum absolute atomic E-state index is 11.7. The van der Waals surface area contributed by atoms with Crippen LogP contribution in [0.5, 0.6) is 0 Å². The number of nitrogens with zero attached hydrogens (tertiary/aromatic N) is 1. The summed E-state index contributed by atoms with van der Waals surface area (Å²) in [6, 6.07) is 3.62. The van der Waals surface area contributed by atoms with Gasteiger partial charge >= 0.3 is 5.63 Å². The quantitative estimate of drug-likeness (QED) is 0.604. The van der Waals surface area contributed by atoms with Gasteiger partial charge in [-0.25, -0.2) is 4.79 Å². The number of rotatable bonds is 4. The highest BCUT2D eigenvalue weighted by molar-refractivity contribution is 5.22. The molecule has 1 aromatic rings. The molecular weight excluding hydrogens is 422 g/mol. The van der Waals surface area contributed by atoms with E-state index in [0.717, 1.165) is 18.3 Å². The van der Waals surface area contributed by atoms with Gasteiger partial charge in [0.05, 0.1) is 12.4 Å². The van der Waals surface area contributed by atoms with Crippen LogP contribution in [0, 0.1) is 40.4 Å². The van der Waals surface area contributed by atoms with E-state index in [1.165, 1.54) is 89.4 Å². The number of hydrogen-bond acceptors (Lipinski definition) is 4. The predicted molar refractivity (Wildman–Crippen MR) is 135 cm³/mol. The van der Waals surface area contributed by atoms with Crippen molar-refractivity contribution in [2.75, 3.05) is 19.6 Å². The molecule has 4 aliphatic carbocycles. The maximum atomic E-state index is 11.7. The molecule has 1 saturated heterocycles. The number of fused-ring (bicyclic) bond motifs is 5. The summed E-state index contributed by atoms with van der Waals surface area (Å²) in [4.78, 5) is 14.2. The molecule has 0 amide bonds. The number of likely N-dealkylation sites (tertiary alicyclic amines) is 1. The Labute approximate surface area is 205 Å². The average molecular weight is 468 g/mol. The van der Waals surface area contributed by atoms with Crippen molar-refractivity contribution in [3.63, 3.8) is 0 Å². The van der Waals surface area contributed by atoms with Crippen LogP contribution in [0.3, 0.4) is 0 Å². The normalized spacial score (nSPS) is 46.6. The van der Waals surface area contributed by atoms with Crippen LogP contribution in [0.4, 0.5) is 0 Å². The third kappa shape index (κ3) is 3.65. The van der Waals surface area contributed by atoms with E-state index in [1.54, 1.807) is 12.3 Å². The second-order valence-electron chi connectivity index (χ2n) is 13.3. The average Bonchev–Trinajstić information content (AvgIpc) is 3.47. The molecule has 1 aromatic heterocycles. The first-order valence-electron chi connectivity index (χ1n) is 14.4. The van der Waals surface area contributed by atoms with Crippen molar-refractivity contribution < 1.29 is 9.52 Å². The first kappa shape index (κ1) is 23.3. The van der Waals surface area contributed by atoms with E-state index in [2.05, 4.69) is 18.7 Å². The van der Waals surface area contributed by atoms with Crippen molar-refractivity contribution in [2.24, 2.45) is 40.4 Å². The van der Waals surface area contributed by atoms with Crippen LogP contribution in [0.15, 0.2) is 27.6 Å². The van der Waals surface area contributed by atoms with Crippen LogP contribution >= 0.6 is 0 Å². The smallest absolute Gasteiger partial charge is 0.335 e. The number of aliphatic hydroxyl groups is 1. The molecule has 34 heavy (non-hydrogen) atoms. The Hall–Kier alpha value is -1.13. The van der Waals surface area contributed by atoms with E-state index in [-0.39, 0.29) is 17.1 Å². The lowest BCUT2D eigenvalue weighted by Gasteiger charge is -2.62. The Bertz CT molecular complexity index is 917. The molecule has 5 aliphatic rings. The van der Waals surface area contributed by atoms with Crippen molar-refractivity contribution in [3.05, 3.63) is 34.4 Å². The van der Waals surface area contributed by atoms with Gasteiger partial charge in [-0.2, -0.15) is 0 Å². The lowest BCUT2D eigenvalue weighted by molar-refractivity contribution is -0.171. The van der Waals surface area contributed by atoms with Crippen molar-refractivity contribution >= 4 is 0 Å². The first-order chi connectivity index (χ1) is 16.4. The molecule has 2 heterocycles. The molecule has 9 unspecified atom stereocenters. The van der Waals surface area contributed by atoms with Crippen molar-refractivity contribution in [2.45, 2.75) is 96.5 Å². The zero-order chi connectivity index (χ0) is 23.5. The SMILES string of the molecule is CC12CCC3C(CCC4CC(CCN5CCCC5)CC(O)C43C)C1CCC2c1ccc(=O)oc1. The largest absolute Gasteiger partial charge is 0.431 e. The van der Waals surface area contributed by atoms with E-state index in [4.69, 9.17) is 4.42 Å². The summed E-state index contributed by atoms with van der Waals surface area (Å²) in [5, 5.41) is 11.7. The molecular formula is C30H45NO3. The Morgan fingerprint density at radius 3 is 2.62 bits per heavy atom. The maximum Gasteiger partial charge on any atom is 0.335 e. The summed E-state index contributed by atoms with van der Waals surface area (Å²) in [5.41, 5.74) is 1.37. The van der Waals surface area contributed by atoms with Crippen molar-refractivity contribution in [1.82, 2.24) is 4.90 Å². The molecule has 4 nitrogen and oxygen atoms in total. The minimum atomic E-state index is -0.247. The van der Waals surface area contributed by atoms with Gasteiger partial charge in [0.2, 0.25) is 0 Å². The third-order valence-corrected chi connectivity index (χ3v) is 12.0. The summed E-state index contributed by atoms with van der Waals surface area (Å²) >= 11 is 0. The summed E-state index contributed by atoms with van der Waals surface area (Å²) in [6.07, 6.45) is 15.7. The van der Waals surface area contributed by atoms with E-state index >= 15 is 0 Å². The molecule has 0 spiro atoms. The highest BCUT2D eigenvalue weighted by Crippen LogP contribution is 2.69. The second-order valence-corrected chi connectivity index (χ2v) is 13.3. The molecule has 0 aromatic carbocycles. The molecule has 9 atom stereocenters. The summed E-state index contributed by atoms with van der Waals surface area (Å²) < 4.78 is 5.27. The molecule has 0 bridgehead atoms. The van der Waals surface area contributed by atoms with E-state index in [0.29, 0.717) is 29.1 Å². The van der Waals surface area contributed by atoms with E-state index in [9.17, 15) is 9.90 Å². The summed E-state index contributed by atoms with van der Waals surface area (Å²) in [7, 11) is 0. The molecule has 1 N–H and O–H groups in total. The highest BCUT2D eigenvalue weighted by atomic mass is 16.4. The van der Waals surface area contributed by atoms with Crippen LogP contribution in [-0.4, -0.2) is 35.7 Å². The van der Waals surface area contributed by atoms with E-state index < -0.39 is 0 Å². The molecule has 188 valence electrons. The zero-order valence-electron chi connectivity index (χ0n) is 21.4. The Balaban J connectivity index is 1.18. The Kier molecular flexibility index (Phi) is 6.00. The topological polar surface area (TPSA) is 53.7 Å². The third-order valence-electron chi connectivity index (χ3n) is 12.0. The van der Waals surface area contributed by atoms with Gasteiger partial charge in [-0.1, -0.05) is 13.8 Å². The highest BCUT2D eigenvalue weighted by Gasteiger charge is 2.62. The monoisotopic (exact) mass is 467 g/mol. The van der Waals surface area contributed by atoms with Crippen LogP contribution in [0.1, 0.15) is 96.0 Å². The fourth-order valence-corrected chi connectivity index (χ4v) is 10.2. The molecule has 1 aliphatic heterocycles. The molecule has 4 saturated carbocycles. The summed E-state index contributed by atoms with van der Waals surface area (Å²) in [6.45, 7) is 8.83. The van der Waals surface area contributed by atoms with Crippen LogP contribution in [0.25, 0.3) is 0 Å². The van der Waals surface area contributed by atoms with E-state index in [1.807, 2.05) is 6.07 Å². The van der Waals surface area contributed by atoms with Crippen LogP contribution < -0.4 is 5.63 Å². The Morgan fingerprint density at radius 1 is 1.03 bits per heavy atom. The fourth-order valence-electron chi connectivity index (χ4n) is 10.2. The fraction of sp³-hybridized carbons (Fsp3) is 0.833. The van der Waals surface area contributed by atoms with Crippen molar-refractivity contribution in [1.29, 1.82) is 0 Å². The number of aliphatic hydroxyl groups excluding tert-OH is 1. The molecule has 0 radical (unpaired) electrons. The lowest BCUT2D eigenvalue weighted by atomic mass is 9.43. The standard InChI is InChI=1S/C30H45NO3/c1-29-13-11-26-23(25(29)9-8-24(29)21-5-10-28(33)34-19-21)7-6-22-17-20(18-27(32)30(22,26)2)12-16-31-14-3-4-15-31/h5,10,19-20,22-27,32H,3-4,6-9,11-18H2,1-2H3. The summed E-state index contributed by atoms with van der Waals surface area (Å²) in [5.74, 6) is 4.07. The van der Waals surface area contributed by atoms with Gasteiger partial charge in [0.1, 0.15) is 0 Å². The minimum Gasteiger partial charge on any atom is -0.431 e. The molecule has 4 heteroatoms. The predicted octanol–water partition coefficient (Wildman–Crippen LogP) is 5.84. The first-order valence-corrected chi connectivity index (χ1v) is 14.4. The minimum absolute atomic E-state index is 0.103. The van der Waals surface area contributed by atoms with Gasteiger partial charge < -0.3 is 14.4 Å². The van der Waals surface area contributed by atoms with Gasteiger partial charge in [-0.05, 0) is 148 Å². The molecule has 6 rings (SSSR count).